The highest BCUT2D eigenvalue weighted by Gasteiger charge is 2.14. The van der Waals surface area contributed by atoms with E-state index < -0.39 is 0 Å². The molecule has 1 heterocycles. The van der Waals surface area contributed by atoms with E-state index in [4.69, 9.17) is 9.47 Å². The lowest BCUT2D eigenvalue weighted by atomic mass is 10.1. The summed E-state index contributed by atoms with van der Waals surface area (Å²) in [6, 6.07) is 15.5. The van der Waals surface area contributed by atoms with Gasteiger partial charge in [0.1, 0.15) is 11.5 Å². The fourth-order valence-corrected chi connectivity index (χ4v) is 3.47. The summed E-state index contributed by atoms with van der Waals surface area (Å²) in [5.41, 5.74) is 1.91. The summed E-state index contributed by atoms with van der Waals surface area (Å²) < 4.78 is 12.6. The van der Waals surface area contributed by atoms with Crippen molar-refractivity contribution >= 4 is 17.7 Å². The van der Waals surface area contributed by atoms with Crippen molar-refractivity contribution in [2.45, 2.75) is 24.7 Å². The lowest BCUT2D eigenvalue weighted by molar-refractivity contribution is -0.120. The highest BCUT2D eigenvalue weighted by atomic mass is 32.2. The Morgan fingerprint density at radius 2 is 1.90 bits per heavy atom. The van der Waals surface area contributed by atoms with Gasteiger partial charge < -0.3 is 19.4 Å². The number of amides is 1. The van der Waals surface area contributed by atoms with Crippen LogP contribution in [0.25, 0.3) is 0 Å². The standard InChI is InChI=1S/C21H24N4O3S/c1-27-17-9-10-18(28-2)16(11-17)12-20(26)22-13-19-23-24-21(29-3)25(19)14-15-7-5-4-6-8-15/h4-11H,12-14H2,1-3H3,(H,22,26). The van der Waals surface area contributed by atoms with E-state index >= 15 is 0 Å². The molecule has 0 radical (unpaired) electrons. The largest absolute Gasteiger partial charge is 0.497 e. The van der Waals surface area contributed by atoms with Gasteiger partial charge in [0.05, 0.1) is 33.7 Å². The van der Waals surface area contributed by atoms with E-state index in [9.17, 15) is 4.79 Å². The van der Waals surface area contributed by atoms with Crippen molar-refractivity contribution in [2.24, 2.45) is 0 Å². The van der Waals surface area contributed by atoms with Crippen molar-refractivity contribution in [3.63, 3.8) is 0 Å². The van der Waals surface area contributed by atoms with Crippen molar-refractivity contribution in [2.75, 3.05) is 20.5 Å². The third kappa shape index (κ3) is 5.29. The van der Waals surface area contributed by atoms with E-state index in [-0.39, 0.29) is 12.3 Å². The molecule has 3 aromatic rings. The molecule has 0 spiro atoms. The summed E-state index contributed by atoms with van der Waals surface area (Å²) in [5.74, 6) is 1.92. The summed E-state index contributed by atoms with van der Waals surface area (Å²) in [6.45, 7) is 0.949. The fraction of sp³-hybridized carbons (Fsp3) is 0.286. The maximum Gasteiger partial charge on any atom is 0.224 e. The minimum absolute atomic E-state index is 0.128. The molecule has 0 unspecified atom stereocenters. The molecule has 29 heavy (non-hydrogen) atoms. The van der Waals surface area contributed by atoms with Crippen LogP contribution in [0.5, 0.6) is 11.5 Å². The number of thioether (sulfide) groups is 1. The molecule has 1 amide bonds. The van der Waals surface area contributed by atoms with Crippen LogP contribution < -0.4 is 14.8 Å². The first-order valence-electron chi connectivity index (χ1n) is 9.12. The number of ether oxygens (including phenoxy) is 2. The van der Waals surface area contributed by atoms with Gasteiger partial charge in [-0.2, -0.15) is 0 Å². The van der Waals surface area contributed by atoms with Crippen LogP contribution in [0.15, 0.2) is 53.7 Å². The van der Waals surface area contributed by atoms with Crippen LogP contribution in [0, 0.1) is 0 Å². The maximum atomic E-state index is 12.5. The van der Waals surface area contributed by atoms with Gasteiger partial charge in [-0.05, 0) is 30.0 Å². The van der Waals surface area contributed by atoms with Crippen LogP contribution in [0.1, 0.15) is 17.0 Å². The zero-order valence-corrected chi connectivity index (χ0v) is 17.5. The molecule has 0 saturated carbocycles. The third-order valence-corrected chi connectivity index (χ3v) is 5.11. The Morgan fingerprint density at radius 3 is 2.59 bits per heavy atom. The average Bonchev–Trinajstić information content (AvgIpc) is 3.14. The minimum Gasteiger partial charge on any atom is -0.497 e. The predicted octanol–water partition coefficient (Wildman–Crippen LogP) is 2.92. The monoisotopic (exact) mass is 412 g/mol. The van der Waals surface area contributed by atoms with E-state index in [0.717, 1.165) is 16.3 Å². The zero-order valence-electron chi connectivity index (χ0n) is 16.7. The van der Waals surface area contributed by atoms with Gasteiger partial charge in [-0.1, -0.05) is 42.1 Å². The first kappa shape index (κ1) is 20.7. The van der Waals surface area contributed by atoms with Gasteiger partial charge in [0.2, 0.25) is 5.91 Å². The molecule has 152 valence electrons. The van der Waals surface area contributed by atoms with Crippen LogP contribution in [0.2, 0.25) is 0 Å². The summed E-state index contributed by atoms with van der Waals surface area (Å²) in [7, 11) is 3.17. The van der Waals surface area contributed by atoms with Crippen molar-refractivity contribution in [3.05, 3.63) is 65.5 Å². The minimum atomic E-state index is -0.128. The van der Waals surface area contributed by atoms with Crippen molar-refractivity contribution in [3.8, 4) is 11.5 Å². The molecule has 0 bridgehead atoms. The second-order valence-corrected chi connectivity index (χ2v) is 7.08. The third-order valence-electron chi connectivity index (χ3n) is 4.44. The molecule has 0 aliphatic carbocycles. The van der Waals surface area contributed by atoms with Crippen molar-refractivity contribution in [1.29, 1.82) is 0 Å². The van der Waals surface area contributed by atoms with Gasteiger partial charge in [-0.15, -0.1) is 10.2 Å². The summed E-state index contributed by atoms with van der Waals surface area (Å²) in [5, 5.41) is 12.2. The second kappa shape index (κ2) is 9.97. The van der Waals surface area contributed by atoms with E-state index in [1.807, 2.05) is 35.1 Å². The summed E-state index contributed by atoms with van der Waals surface area (Å²) >= 11 is 1.53. The Kier molecular flexibility index (Phi) is 7.13. The number of nitrogens with zero attached hydrogens (tertiary/aromatic N) is 3. The molecule has 0 atom stereocenters. The first-order valence-corrected chi connectivity index (χ1v) is 10.3. The fourth-order valence-electron chi connectivity index (χ4n) is 2.96. The number of nitrogens with one attached hydrogen (secondary N) is 1. The van der Waals surface area contributed by atoms with Gasteiger partial charge in [-0.25, -0.2) is 0 Å². The Bertz CT molecular complexity index is 960. The molecule has 0 aliphatic heterocycles. The quantitative estimate of drug-likeness (QED) is 0.545. The van der Waals surface area contributed by atoms with Crippen LogP contribution in [0.3, 0.4) is 0 Å². The van der Waals surface area contributed by atoms with Crippen LogP contribution in [-0.4, -0.2) is 41.1 Å². The molecular weight excluding hydrogens is 388 g/mol. The molecule has 1 aromatic heterocycles. The topological polar surface area (TPSA) is 78.3 Å². The molecule has 7 nitrogen and oxygen atoms in total. The van der Waals surface area contributed by atoms with Gasteiger partial charge in [0.15, 0.2) is 11.0 Å². The average molecular weight is 413 g/mol. The molecular formula is C21H24N4O3S. The number of aromatic nitrogens is 3. The number of hydrogen-bond donors (Lipinski definition) is 1. The van der Waals surface area contributed by atoms with Crippen LogP contribution in [-0.2, 0) is 24.3 Å². The lowest BCUT2D eigenvalue weighted by Crippen LogP contribution is -2.26. The van der Waals surface area contributed by atoms with Crippen LogP contribution >= 0.6 is 11.8 Å². The Morgan fingerprint density at radius 1 is 1.10 bits per heavy atom. The van der Waals surface area contributed by atoms with Gasteiger partial charge in [-0.3, -0.25) is 4.79 Å². The molecule has 8 heteroatoms. The summed E-state index contributed by atoms with van der Waals surface area (Å²) in [6.07, 6.45) is 2.14. The maximum absolute atomic E-state index is 12.5. The predicted molar refractivity (Wildman–Crippen MR) is 112 cm³/mol. The molecule has 1 N–H and O–H groups in total. The molecule has 3 rings (SSSR count). The van der Waals surface area contributed by atoms with Crippen LogP contribution in [0.4, 0.5) is 0 Å². The van der Waals surface area contributed by atoms with Gasteiger partial charge in [0.25, 0.3) is 0 Å². The second-order valence-electron chi connectivity index (χ2n) is 6.31. The Hall–Kier alpha value is -3.00. The zero-order chi connectivity index (χ0) is 20.6. The number of carbonyl (C=O) groups excluding carboxylic acids is 1. The number of methoxy groups -OCH3 is 2. The number of rotatable bonds is 9. The lowest BCUT2D eigenvalue weighted by Gasteiger charge is -2.12. The highest BCUT2D eigenvalue weighted by molar-refractivity contribution is 7.98. The van der Waals surface area contributed by atoms with Gasteiger partial charge in [0, 0.05) is 5.56 Å². The SMILES string of the molecule is COc1ccc(OC)c(CC(=O)NCc2nnc(SC)n2Cc2ccccc2)c1. The first-order chi connectivity index (χ1) is 14.1. The molecule has 0 fully saturated rings. The number of benzene rings is 2. The highest BCUT2D eigenvalue weighted by Crippen LogP contribution is 2.24. The van der Waals surface area contributed by atoms with E-state index in [0.29, 0.717) is 30.4 Å². The number of hydrogen-bond acceptors (Lipinski definition) is 6. The molecule has 2 aromatic carbocycles. The smallest absolute Gasteiger partial charge is 0.224 e. The van der Waals surface area contributed by atoms with Gasteiger partial charge >= 0.3 is 0 Å². The molecule has 0 saturated heterocycles. The Balaban J connectivity index is 1.69. The van der Waals surface area contributed by atoms with E-state index in [1.54, 1.807) is 26.4 Å². The van der Waals surface area contributed by atoms with E-state index in [1.165, 1.54) is 11.8 Å². The van der Waals surface area contributed by atoms with Crippen molar-refractivity contribution < 1.29 is 14.3 Å². The summed E-state index contributed by atoms with van der Waals surface area (Å²) in [4.78, 5) is 12.5. The normalized spacial score (nSPS) is 10.6. The van der Waals surface area contributed by atoms with E-state index in [2.05, 4.69) is 27.6 Å². The Labute approximate surface area is 174 Å². The molecule has 0 aliphatic rings. The van der Waals surface area contributed by atoms with Crippen molar-refractivity contribution in [1.82, 2.24) is 20.1 Å². The number of carbonyl (C=O) groups is 1.